The number of likely N-dealkylation sites (tertiary alicyclic amines) is 1. The number of amides is 2. The average molecular weight is 477 g/mol. The Morgan fingerprint density at radius 1 is 1.27 bits per heavy atom. The van der Waals surface area contributed by atoms with E-state index in [9.17, 15) is 14.0 Å². The summed E-state index contributed by atoms with van der Waals surface area (Å²) in [7, 11) is 0. The SMILES string of the molecule is O=C1COCC2(CCN(C(=O)OCc3ccccc3)C2Cc2cccc(Br)c2F)N1. The van der Waals surface area contributed by atoms with Gasteiger partial charge in [0, 0.05) is 6.54 Å². The molecular formula is C22H22BrFN2O4. The molecule has 2 heterocycles. The quantitative estimate of drug-likeness (QED) is 0.733. The van der Waals surface area contributed by atoms with Crippen LogP contribution in [0.2, 0.25) is 0 Å². The van der Waals surface area contributed by atoms with Gasteiger partial charge in [0.05, 0.1) is 22.7 Å². The molecule has 6 nitrogen and oxygen atoms in total. The molecule has 2 atom stereocenters. The van der Waals surface area contributed by atoms with E-state index in [-0.39, 0.29) is 38.0 Å². The average Bonchev–Trinajstić information content (AvgIpc) is 3.07. The van der Waals surface area contributed by atoms with E-state index in [0.29, 0.717) is 23.0 Å². The third kappa shape index (κ3) is 4.20. The van der Waals surface area contributed by atoms with Crippen LogP contribution in [-0.4, -0.2) is 48.2 Å². The molecule has 0 aromatic heterocycles. The van der Waals surface area contributed by atoms with Crippen LogP contribution in [0.3, 0.4) is 0 Å². The molecule has 158 valence electrons. The first-order valence-corrected chi connectivity index (χ1v) is 10.6. The number of ether oxygens (including phenoxy) is 2. The Labute approximate surface area is 182 Å². The molecule has 1 N–H and O–H groups in total. The maximum atomic E-state index is 14.7. The van der Waals surface area contributed by atoms with Crippen molar-refractivity contribution in [2.75, 3.05) is 19.8 Å². The van der Waals surface area contributed by atoms with Crippen LogP contribution in [-0.2, 0) is 27.3 Å². The highest BCUT2D eigenvalue weighted by atomic mass is 79.9. The summed E-state index contributed by atoms with van der Waals surface area (Å²) in [5.41, 5.74) is 0.565. The van der Waals surface area contributed by atoms with Crippen molar-refractivity contribution in [3.63, 3.8) is 0 Å². The molecule has 2 amide bonds. The predicted molar refractivity (Wildman–Crippen MR) is 111 cm³/mol. The molecule has 2 unspecified atom stereocenters. The number of nitrogens with one attached hydrogen (secondary N) is 1. The topological polar surface area (TPSA) is 67.9 Å². The molecule has 0 aliphatic carbocycles. The van der Waals surface area contributed by atoms with E-state index in [1.54, 1.807) is 23.1 Å². The smallest absolute Gasteiger partial charge is 0.410 e. The molecule has 1 spiro atoms. The molecule has 8 heteroatoms. The first-order chi connectivity index (χ1) is 14.5. The molecule has 30 heavy (non-hydrogen) atoms. The van der Waals surface area contributed by atoms with Crippen molar-refractivity contribution in [1.82, 2.24) is 10.2 Å². The molecule has 2 aliphatic rings. The van der Waals surface area contributed by atoms with E-state index in [1.807, 2.05) is 30.3 Å². The van der Waals surface area contributed by atoms with Crippen molar-refractivity contribution < 1.29 is 23.5 Å². The molecule has 2 fully saturated rings. The van der Waals surface area contributed by atoms with Gasteiger partial charge in [-0.2, -0.15) is 0 Å². The Bertz CT molecular complexity index is 942. The maximum Gasteiger partial charge on any atom is 0.410 e. The summed E-state index contributed by atoms with van der Waals surface area (Å²) in [6, 6.07) is 14.0. The zero-order chi connectivity index (χ0) is 21.1. The van der Waals surface area contributed by atoms with Gasteiger partial charge >= 0.3 is 6.09 Å². The highest BCUT2D eigenvalue weighted by Gasteiger charge is 2.52. The van der Waals surface area contributed by atoms with Crippen LogP contribution in [0.5, 0.6) is 0 Å². The fourth-order valence-corrected chi connectivity index (χ4v) is 4.58. The maximum absolute atomic E-state index is 14.7. The third-order valence-corrected chi connectivity index (χ3v) is 6.29. The summed E-state index contributed by atoms with van der Waals surface area (Å²) in [6.45, 7) is 0.779. The van der Waals surface area contributed by atoms with Crippen LogP contribution in [0, 0.1) is 5.82 Å². The second kappa shape index (κ2) is 8.73. The highest BCUT2D eigenvalue weighted by Crippen LogP contribution is 2.35. The van der Waals surface area contributed by atoms with Crippen molar-refractivity contribution in [2.45, 2.75) is 31.0 Å². The van der Waals surface area contributed by atoms with Gasteiger partial charge in [-0.3, -0.25) is 4.79 Å². The fraction of sp³-hybridized carbons (Fsp3) is 0.364. The van der Waals surface area contributed by atoms with Crippen LogP contribution < -0.4 is 5.32 Å². The lowest BCUT2D eigenvalue weighted by Gasteiger charge is -2.40. The van der Waals surface area contributed by atoms with E-state index in [4.69, 9.17) is 9.47 Å². The molecule has 2 saturated heterocycles. The second-order valence-corrected chi connectivity index (χ2v) is 8.47. The minimum absolute atomic E-state index is 0.0157. The molecule has 0 saturated carbocycles. The first kappa shape index (κ1) is 20.8. The lowest BCUT2D eigenvalue weighted by molar-refractivity contribution is -0.136. The molecule has 2 aliphatic heterocycles. The van der Waals surface area contributed by atoms with Crippen LogP contribution in [0.25, 0.3) is 0 Å². The normalized spacial score (nSPS) is 23.5. The summed E-state index contributed by atoms with van der Waals surface area (Å²) in [4.78, 5) is 26.6. The van der Waals surface area contributed by atoms with Gasteiger partial charge in [0.15, 0.2) is 0 Å². The van der Waals surface area contributed by atoms with Crippen molar-refractivity contribution >= 4 is 27.9 Å². The van der Waals surface area contributed by atoms with Crippen molar-refractivity contribution in [3.8, 4) is 0 Å². The molecule has 0 radical (unpaired) electrons. The van der Waals surface area contributed by atoms with Gasteiger partial charge in [0.1, 0.15) is 19.0 Å². The van der Waals surface area contributed by atoms with Crippen molar-refractivity contribution in [2.24, 2.45) is 0 Å². The van der Waals surface area contributed by atoms with Gasteiger partial charge in [-0.15, -0.1) is 0 Å². The monoisotopic (exact) mass is 476 g/mol. The fourth-order valence-electron chi connectivity index (χ4n) is 4.17. The van der Waals surface area contributed by atoms with Gasteiger partial charge in [0.25, 0.3) is 0 Å². The number of halogens is 2. The zero-order valence-electron chi connectivity index (χ0n) is 16.3. The van der Waals surface area contributed by atoms with E-state index in [1.165, 1.54) is 0 Å². The lowest BCUT2D eigenvalue weighted by Crippen LogP contribution is -2.64. The van der Waals surface area contributed by atoms with Gasteiger partial charge in [-0.1, -0.05) is 42.5 Å². The van der Waals surface area contributed by atoms with E-state index >= 15 is 0 Å². The standard InChI is InChI=1S/C22H22BrFN2O4/c23-17-8-4-7-16(20(17)24)11-18-22(14-29-13-19(27)25-22)9-10-26(18)21(28)30-12-15-5-2-1-3-6-15/h1-8,18H,9-14H2,(H,25,27). The number of carbonyl (C=O) groups excluding carboxylic acids is 2. The highest BCUT2D eigenvalue weighted by molar-refractivity contribution is 9.10. The first-order valence-electron chi connectivity index (χ1n) is 9.77. The number of hydrogen-bond acceptors (Lipinski definition) is 4. The molecule has 2 aromatic rings. The third-order valence-electron chi connectivity index (χ3n) is 5.68. The van der Waals surface area contributed by atoms with Gasteiger partial charge < -0.3 is 19.7 Å². The van der Waals surface area contributed by atoms with Crippen LogP contribution in [0.15, 0.2) is 53.0 Å². The number of carbonyl (C=O) groups is 2. The summed E-state index contributed by atoms with van der Waals surface area (Å²) in [5, 5.41) is 3.01. The Morgan fingerprint density at radius 3 is 2.83 bits per heavy atom. The van der Waals surface area contributed by atoms with Gasteiger partial charge in [-0.25, -0.2) is 9.18 Å². The van der Waals surface area contributed by atoms with Crippen LogP contribution in [0.4, 0.5) is 9.18 Å². The van der Waals surface area contributed by atoms with Gasteiger partial charge in [-0.05, 0) is 46.0 Å². The Morgan fingerprint density at radius 2 is 2.07 bits per heavy atom. The van der Waals surface area contributed by atoms with E-state index in [0.717, 1.165) is 5.56 Å². The zero-order valence-corrected chi connectivity index (χ0v) is 17.9. The molecule has 0 bridgehead atoms. The predicted octanol–water partition coefficient (Wildman–Crippen LogP) is 3.43. The number of morpholine rings is 1. The minimum Gasteiger partial charge on any atom is -0.445 e. The molecule has 4 rings (SSSR count). The Kier molecular flexibility index (Phi) is 6.06. The Balaban J connectivity index is 1.57. The minimum atomic E-state index is -0.768. The van der Waals surface area contributed by atoms with Gasteiger partial charge in [0.2, 0.25) is 5.91 Å². The van der Waals surface area contributed by atoms with Crippen molar-refractivity contribution in [1.29, 1.82) is 0 Å². The van der Waals surface area contributed by atoms with Crippen LogP contribution in [0.1, 0.15) is 17.5 Å². The summed E-state index contributed by atoms with van der Waals surface area (Å²) in [5.74, 6) is -0.610. The number of hydrogen-bond donors (Lipinski definition) is 1. The largest absolute Gasteiger partial charge is 0.445 e. The number of rotatable bonds is 4. The number of nitrogens with zero attached hydrogens (tertiary/aromatic N) is 1. The lowest BCUT2D eigenvalue weighted by atomic mass is 9.86. The summed E-state index contributed by atoms with van der Waals surface area (Å²) < 4.78 is 26.1. The summed E-state index contributed by atoms with van der Waals surface area (Å²) >= 11 is 3.21. The van der Waals surface area contributed by atoms with Crippen molar-refractivity contribution in [3.05, 3.63) is 69.9 Å². The number of benzene rings is 2. The van der Waals surface area contributed by atoms with Crippen LogP contribution >= 0.6 is 15.9 Å². The van der Waals surface area contributed by atoms with E-state index in [2.05, 4.69) is 21.2 Å². The Hall–Kier alpha value is -2.45. The van der Waals surface area contributed by atoms with E-state index < -0.39 is 17.7 Å². The molecular weight excluding hydrogens is 455 g/mol. The molecule has 2 aromatic carbocycles. The second-order valence-electron chi connectivity index (χ2n) is 7.61. The summed E-state index contributed by atoms with van der Waals surface area (Å²) in [6.07, 6.45) is 0.255.